The molecule has 0 fully saturated rings. The number of hydrogen-bond donors (Lipinski definition) is 0. The van der Waals surface area contributed by atoms with Crippen LogP contribution in [0.4, 0.5) is 17.1 Å². The standard InChI is InChI=1S/C62H41NS/c1-2-16-47-40-49(35-32-42(47)14-1)55-22-6-5-21-54(55)48-18-11-19-51(41-48)63(60-28-9-7-23-56(60)58-26-13-27-59-57-24-8-10-29-61(57)64-62(58)59)50-38-36-44(37-39-50)43-30-33-46(34-31-43)53-25-12-17-45-15-3-4-20-52(45)53/h1-41H. The van der Waals surface area contributed by atoms with E-state index in [0.29, 0.717) is 0 Å². The highest BCUT2D eigenvalue weighted by molar-refractivity contribution is 7.26. The lowest BCUT2D eigenvalue weighted by atomic mass is 9.93. The zero-order valence-electron chi connectivity index (χ0n) is 35.0. The molecule has 300 valence electrons. The smallest absolute Gasteiger partial charge is 0.0540 e. The van der Waals surface area contributed by atoms with Gasteiger partial charge in [0.1, 0.15) is 0 Å². The Labute approximate surface area is 377 Å². The quantitative estimate of drug-likeness (QED) is 0.147. The van der Waals surface area contributed by atoms with E-state index >= 15 is 0 Å². The van der Waals surface area contributed by atoms with Gasteiger partial charge in [0.2, 0.25) is 0 Å². The van der Waals surface area contributed by atoms with E-state index in [0.717, 1.165) is 17.1 Å². The molecule has 2 heteroatoms. The zero-order valence-corrected chi connectivity index (χ0v) is 35.8. The molecule has 0 radical (unpaired) electrons. The van der Waals surface area contributed by atoms with Gasteiger partial charge in [0.25, 0.3) is 0 Å². The van der Waals surface area contributed by atoms with Gasteiger partial charge in [-0.3, -0.25) is 0 Å². The Morgan fingerprint density at radius 2 is 0.797 bits per heavy atom. The van der Waals surface area contributed by atoms with Crippen LogP contribution in [0, 0.1) is 0 Å². The third-order valence-corrected chi connectivity index (χ3v) is 13.9. The van der Waals surface area contributed by atoms with E-state index in [1.54, 1.807) is 0 Å². The molecule has 0 saturated carbocycles. The number of thiophene rings is 1. The lowest BCUT2D eigenvalue weighted by Gasteiger charge is -2.29. The molecule has 64 heavy (non-hydrogen) atoms. The van der Waals surface area contributed by atoms with Crippen molar-refractivity contribution in [2.75, 3.05) is 4.90 Å². The first-order chi connectivity index (χ1) is 31.7. The van der Waals surface area contributed by atoms with E-state index in [2.05, 4.69) is 254 Å². The van der Waals surface area contributed by atoms with Gasteiger partial charge >= 0.3 is 0 Å². The summed E-state index contributed by atoms with van der Waals surface area (Å²) < 4.78 is 2.61. The van der Waals surface area contributed by atoms with Crippen LogP contribution in [0.3, 0.4) is 0 Å². The molecule has 0 N–H and O–H groups in total. The number of anilines is 3. The molecule has 0 aliphatic rings. The number of hydrogen-bond acceptors (Lipinski definition) is 2. The Bertz CT molecular complexity index is 3670. The van der Waals surface area contributed by atoms with Crippen LogP contribution >= 0.6 is 11.3 Å². The van der Waals surface area contributed by atoms with Crippen LogP contribution in [0.25, 0.3) is 97.4 Å². The molecule has 0 saturated heterocycles. The minimum atomic E-state index is 1.09. The zero-order chi connectivity index (χ0) is 42.4. The van der Waals surface area contributed by atoms with Crippen LogP contribution in [-0.4, -0.2) is 0 Å². The largest absolute Gasteiger partial charge is 0.310 e. The maximum Gasteiger partial charge on any atom is 0.0540 e. The molecule has 1 nitrogen and oxygen atoms in total. The van der Waals surface area contributed by atoms with Gasteiger partial charge in [-0.1, -0.05) is 206 Å². The van der Waals surface area contributed by atoms with Gasteiger partial charge in [0.15, 0.2) is 0 Å². The van der Waals surface area contributed by atoms with E-state index in [1.807, 2.05) is 11.3 Å². The topological polar surface area (TPSA) is 3.24 Å². The molecule has 0 spiro atoms. The monoisotopic (exact) mass is 831 g/mol. The van der Waals surface area contributed by atoms with E-state index in [9.17, 15) is 0 Å². The Morgan fingerprint density at radius 1 is 0.266 bits per heavy atom. The van der Waals surface area contributed by atoms with Gasteiger partial charge in [-0.15, -0.1) is 11.3 Å². The minimum absolute atomic E-state index is 1.09. The molecule has 12 aromatic rings. The van der Waals surface area contributed by atoms with Crippen LogP contribution in [0.1, 0.15) is 0 Å². The van der Waals surface area contributed by atoms with Crippen LogP contribution in [0.15, 0.2) is 249 Å². The number of rotatable bonds is 8. The fourth-order valence-corrected chi connectivity index (χ4v) is 10.8. The summed E-state index contributed by atoms with van der Waals surface area (Å²) in [5.74, 6) is 0. The second-order valence-electron chi connectivity index (χ2n) is 16.4. The highest BCUT2D eigenvalue weighted by atomic mass is 32.1. The van der Waals surface area contributed by atoms with Gasteiger partial charge in [0, 0.05) is 42.7 Å². The predicted molar refractivity (Wildman–Crippen MR) is 276 cm³/mol. The summed E-state index contributed by atoms with van der Waals surface area (Å²) in [6.07, 6.45) is 0. The molecule has 1 aromatic heterocycles. The van der Waals surface area contributed by atoms with Crippen molar-refractivity contribution in [1.29, 1.82) is 0 Å². The molecule has 0 amide bonds. The second kappa shape index (κ2) is 16.0. The lowest BCUT2D eigenvalue weighted by Crippen LogP contribution is -2.11. The molecule has 11 aromatic carbocycles. The molecular weight excluding hydrogens is 791 g/mol. The van der Waals surface area contributed by atoms with E-state index < -0.39 is 0 Å². The Kier molecular flexibility index (Phi) is 9.43. The first-order valence-electron chi connectivity index (χ1n) is 21.9. The van der Waals surface area contributed by atoms with Gasteiger partial charge in [0.05, 0.1) is 5.69 Å². The lowest BCUT2D eigenvalue weighted by molar-refractivity contribution is 1.28. The van der Waals surface area contributed by atoms with Crippen LogP contribution in [0.5, 0.6) is 0 Å². The molecule has 1 heterocycles. The van der Waals surface area contributed by atoms with Crippen molar-refractivity contribution in [3.05, 3.63) is 249 Å². The summed E-state index contributed by atoms with van der Waals surface area (Å²) in [4.78, 5) is 2.44. The average Bonchev–Trinajstić information content (AvgIpc) is 3.76. The highest BCUT2D eigenvalue weighted by Gasteiger charge is 2.21. The average molecular weight is 832 g/mol. The highest BCUT2D eigenvalue weighted by Crippen LogP contribution is 2.47. The number of benzene rings is 11. The summed E-state index contributed by atoms with van der Waals surface area (Å²) >= 11 is 1.88. The fourth-order valence-electron chi connectivity index (χ4n) is 9.56. The van der Waals surface area contributed by atoms with Crippen molar-refractivity contribution in [2.45, 2.75) is 0 Å². The van der Waals surface area contributed by atoms with E-state index in [-0.39, 0.29) is 0 Å². The van der Waals surface area contributed by atoms with Crippen LogP contribution in [0.2, 0.25) is 0 Å². The molecule has 0 unspecified atom stereocenters. The minimum Gasteiger partial charge on any atom is -0.310 e. The maximum absolute atomic E-state index is 2.44. The third kappa shape index (κ3) is 6.73. The molecule has 0 aliphatic heterocycles. The second-order valence-corrected chi connectivity index (χ2v) is 17.5. The molecule has 0 aliphatic carbocycles. The van der Waals surface area contributed by atoms with Crippen LogP contribution in [-0.2, 0) is 0 Å². The summed E-state index contributed by atoms with van der Waals surface area (Å²) in [5, 5.41) is 7.61. The number of nitrogens with zero attached hydrogens (tertiary/aromatic N) is 1. The van der Waals surface area contributed by atoms with Crippen molar-refractivity contribution >= 4 is 70.1 Å². The number of fused-ring (bicyclic) bond motifs is 5. The summed E-state index contributed by atoms with van der Waals surface area (Å²) in [6, 6.07) is 91.0. The van der Waals surface area contributed by atoms with Gasteiger partial charge in [-0.05, 0) is 109 Å². The van der Waals surface area contributed by atoms with Gasteiger partial charge in [-0.2, -0.15) is 0 Å². The Balaban J connectivity index is 0.983. The van der Waals surface area contributed by atoms with Crippen molar-refractivity contribution in [3.8, 4) is 55.6 Å². The molecule has 0 bridgehead atoms. The van der Waals surface area contributed by atoms with Crippen molar-refractivity contribution in [3.63, 3.8) is 0 Å². The van der Waals surface area contributed by atoms with E-state index in [4.69, 9.17) is 0 Å². The molecule has 0 atom stereocenters. The fraction of sp³-hybridized carbons (Fsp3) is 0. The Morgan fingerprint density at radius 3 is 1.61 bits per heavy atom. The third-order valence-electron chi connectivity index (χ3n) is 12.7. The number of para-hydroxylation sites is 1. The maximum atomic E-state index is 2.44. The SMILES string of the molecule is c1cc(-c2ccccc2-c2ccc3ccccc3c2)cc(N(c2ccc(-c3ccc(-c4cccc5ccccc45)cc3)cc2)c2ccccc2-c2cccc3c2sc2ccccc23)c1. The van der Waals surface area contributed by atoms with Crippen molar-refractivity contribution in [2.24, 2.45) is 0 Å². The van der Waals surface area contributed by atoms with Gasteiger partial charge < -0.3 is 4.90 Å². The summed E-state index contributed by atoms with van der Waals surface area (Å²) in [5.41, 5.74) is 15.3. The molecular formula is C62H41NS. The van der Waals surface area contributed by atoms with Crippen molar-refractivity contribution in [1.82, 2.24) is 0 Å². The summed E-state index contributed by atoms with van der Waals surface area (Å²) in [6.45, 7) is 0. The normalized spacial score (nSPS) is 11.4. The van der Waals surface area contributed by atoms with Crippen LogP contribution < -0.4 is 4.90 Å². The summed E-state index contributed by atoms with van der Waals surface area (Å²) in [7, 11) is 0. The first-order valence-corrected chi connectivity index (χ1v) is 22.7. The Hall–Kier alpha value is -8.04. The van der Waals surface area contributed by atoms with Crippen molar-refractivity contribution < 1.29 is 0 Å². The predicted octanol–water partition coefficient (Wildman–Crippen LogP) is 18.2. The van der Waals surface area contributed by atoms with Gasteiger partial charge in [-0.25, -0.2) is 0 Å². The van der Waals surface area contributed by atoms with E-state index in [1.165, 1.54) is 97.4 Å². The molecule has 12 rings (SSSR count). The first kappa shape index (κ1) is 37.7.